The molecular weight excluding hydrogens is 146 g/mol. The van der Waals surface area contributed by atoms with Gasteiger partial charge in [0.05, 0.1) is 4.77 Å². The molecule has 1 unspecified atom stereocenters. The van der Waals surface area contributed by atoms with Crippen LogP contribution in [-0.2, 0) is 4.57 Å². The second kappa shape index (κ2) is 2.67. The summed E-state index contributed by atoms with van der Waals surface area (Å²) in [5.41, 5.74) is 0. The molecule has 0 aromatic rings. The molecule has 0 spiro atoms. The molecule has 0 heterocycles. The van der Waals surface area contributed by atoms with Crippen molar-refractivity contribution in [3.05, 3.63) is 11.4 Å². The highest BCUT2D eigenvalue weighted by Gasteiger charge is 2.16. The zero-order valence-corrected chi connectivity index (χ0v) is 6.25. The Morgan fingerprint density at radius 2 is 2.38 bits per heavy atom. The number of hydrogen-bond donors (Lipinski definition) is 1. The van der Waals surface area contributed by atoms with Gasteiger partial charge in [-0.2, -0.15) is 0 Å². The molecule has 0 aliphatic rings. The normalized spacial score (nSPS) is 17.4. The molecule has 0 saturated carbocycles. The summed E-state index contributed by atoms with van der Waals surface area (Å²) in [5, 5.41) is 0. The van der Waals surface area contributed by atoms with Gasteiger partial charge in [-0.05, 0) is 0 Å². The molecule has 8 heavy (non-hydrogen) atoms. The Morgan fingerprint density at radius 3 is 2.38 bits per heavy atom. The maximum atomic E-state index is 10.6. The van der Waals surface area contributed by atoms with E-state index in [9.17, 15) is 4.57 Å². The topological polar surface area (TPSA) is 37.3 Å². The second-order valence-electron chi connectivity index (χ2n) is 1.39. The van der Waals surface area contributed by atoms with Gasteiger partial charge in [-0.1, -0.05) is 25.1 Å². The Kier molecular flexibility index (Phi) is 2.75. The minimum absolute atomic E-state index is 0.139. The summed E-state index contributed by atoms with van der Waals surface area (Å²) >= 11 is 5.16. The smallest absolute Gasteiger partial charge is 0.239 e. The van der Waals surface area contributed by atoms with E-state index in [2.05, 4.69) is 6.58 Å². The van der Waals surface area contributed by atoms with Crippen molar-refractivity contribution < 1.29 is 9.46 Å². The molecule has 0 saturated heterocycles. The molecule has 0 aromatic carbocycles. The van der Waals surface area contributed by atoms with Crippen LogP contribution in [0.25, 0.3) is 0 Å². The van der Waals surface area contributed by atoms with Crippen molar-refractivity contribution in [1.29, 1.82) is 0 Å². The van der Waals surface area contributed by atoms with E-state index in [-0.39, 0.29) is 10.9 Å². The van der Waals surface area contributed by atoms with E-state index in [1.54, 1.807) is 6.92 Å². The molecule has 0 bridgehead atoms. The van der Waals surface area contributed by atoms with Crippen molar-refractivity contribution in [1.82, 2.24) is 0 Å². The SMILES string of the molecule is C=C(Cl)P(=O)(O)CC. The van der Waals surface area contributed by atoms with Crippen molar-refractivity contribution in [2.75, 3.05) is 6.16 Å². The van der Waals surface area contributed by atoms with E-state index in [0.717, 1.165) is 0 Å². The predicted octanol–water partition coefficient (Wildman–Crippen LogP) is 1.99. The third kappa shape index (κ3) is 1.99. The maximum absolute atomic E-state index is 10.6. The predicted molar refractivity (Wildman–Crippen MR) is 35.4 cm³/mol. The van der Waals surface area contributed by atoms with E-state index in [1.165, 1.54) is 0 Å². The Hall–Kier alpha value is 0.220. The minimum atomic E-state index is -3.17. The largest absolute Gasteiger partial charge is 0.341 e. The fraction of sp³-hybridized carbons (Fsp3) is 0.500. The first-order chi connectivity index (χ1) is 3.50. The Bertz CT molecular complexity index is 143. The van der Waals surface area contributed by atoms with E-state index in [1.807, 2.05) is 0 Å². The average Bonchev–Trinajstić information content (AvgIpc) is 1.67. The van der Waals surface area contributed by atoms with Crippen LogP contribution in [0.5, 0.6) is 0 Å². The van der Waals surface area contributed by atoms with Gasteiger partial charge in [-0.25, -0.2) is 0 Å². The Labute approximate surface area is 53.6 Å². The van der Waals surface area contributed by atoms with Gasteiger partial charge in [0.25, 0.3) is 0 Å². The standard InChI is InChI=1S/C4H8ClO2P/c1-3-8(6,7)4(2)5/h2-3H2,1H3,(H,6,7). The van der Waals surface area contributed by atoms with Crippen LogP contribution in [0.2, 0.25) is 0 Å². The number of hydrogen-bond acceptors (Lipinski definition) is 1. The molecule has 0 aromatic heterocycles. The van der Waals surface area contributed by atoms with Crippen LogP contribution in [0.15, 0.2) is 11.4 Å². The molecule has 0 aliphatic heterocycles. The molecule has 0 fully saturated rings. The van der Waals surface area contributed by atoms with Crippen LogP contribution >= 0.6 is 19.0 Å². The summed E-state index contributed by atoms with van der Waals surface area (Å²) in [6, 6.07) is 0. The molecule has 48 valence electrons. The van der Waals surface area contributed by atoms with Crippen molar-refractivity contribution in [3.8, 4) is 0 Å². The lowest BCUT2D eigenvalue weighted by atomic mass is 11.0. The quantitative estimate of drug-likeness (QED) is 0.618. The van der Waals surface area contributed by atoms with Crippen molar-refractivity contribution >= 4 is 19.0 Å². The van der Waals surface area contributed by atoms with Gasteiger partial charge >= 0.3 is 0 Å². The first kappa shape index (κ1) is 8.22. The maximum Gasteiger partial charge on any atom is 0.239 e. The van der Waals surface area contributed by atoms with Gasteiger partial charge in [-0.3, -0.25) is 4.57 Å². The van der Waals surface area contributed by atoms with Crippen LogP contribution in [-0.4, -0.2) is 11.1 Å². The fourth-order valence-corrected chi connectivity index (χ4v) is 0.873. The molecule has 0 amide bonds. The monoisotopic (exact) mass is 154 g/mol. The zero-order chi connectivity index (χ0) is 6.78. The third-order valence-electron chi connectivity index (χ3n) is 0.808. The van der Waals surface area contributed by atoms with Crippen LogP contribution in [0.3, 0.4) is 0 Å². The first-order valence-corrected chi connectivity index (χ1v) is 4.39. The number of rotatable bonds is 2. The third-order valence-corrected chi connectivity index (χ3v) is 3.22. The lowest BCUT2D eigenvalue weighted by Gasteiger charge is -2.03. The summed E-state index contributed by atoms with van der Waals surface area (Å²) in [5.74, 6) is 0. The summed E-state index contributed by atoms with van der Waals surface area (Å²) in [6.45, 7) is 4.74. The summed E-state index contributed by atoms with van der Waals surface area (Å²) in [4.78, 5) is 8.72. The van der Waals surface area contributed by atoms with Crippen LogP contribution in [0.1, 0.15) is 6.92 Å². The Balaban J connectivity index is 4.15. The lowest BCUT2D eigenvalue weighted by molar-refractivity contribution is 0.489. The molecule has 0 radical (unpaired) electrons. The molecule has 1 N–H and O–H groups in total. The van der Waals surface area contributed by atoms with Gasteiger partial charge in [0.15, 0.2) is 0 Å². The van der Waals surface area contributed by atoms with Crippen LogP contribution < -0.4 is 0 Å². The lowest BCUT2D eigenvalue weighted by Crippen LogP contribution is -1.80. The molecule has 2 nitrogen and oxygen atoms in total. The highest BCUT2D eigenvalue weighted by molar-refractivity contribution is 7.64. The van der Waals surface area contributed by atoms with E-state index < -0.39 is 7.37 Å². The van der Waals surface area contributed by atoms with Crippen molar-refractivity contribution in [3.63, 3.8) is 0 Å². The molecular formula is C4H8ClO2P. The van der Waals surface area contributed by atoms with Crippen LogP contribution in [0.4, 0.5) is 0 Å². The van der Waals surface area contributed by atoms with Crippen LogP contribution in [0, 0.1) is 0 Å². The second-order valence-corrected chi connectivity index (χ2v) is 4.69. The highest BCUT2D eigenvalue weighted by atomic mass is 35.5. The fourth-order valence-electron chi connectivity index (χ4n) is 0.172. The highest BCUT2D eigenvalue weighted by Crippen LogP contribution is 2.49. The minimum Gasteiger partial charge on any atom is -0.341 e. The average molecular weight is 155 g/mol. The van der Waals surface area contributed by atoms with Gasteiger partial charge in [0.2, 0.25) is 7.37 Å². The van der Waals surface area contributed by atoms with E-state index in [0.29, 0.717) is 0 Å². The summed E-state index contributed by atoms with van der Waals surface area (Å²) < 4.78 is 10.5. The summed E-state index contributed by atoms with van der Waals surface area (Å²) in [6.07, 6.45) is 0.162. The zero-order valence-electron chi connectivity index (χ0n) is 4.59. The molecule has 0 rings (SSSR count). The van der Waals surface area contributed by atoms with Gasteiger partial charge in [-0.15, -0.1) is 0 Å². The molecule has 1 atom stereocenters. The summed E-state index contributed by atoms with van der Waals surface area (Å²) in [7, 11) is -3.17. The van der Waals surface area contributed by atoms with Gasteiger partial charge in [0.1, 0.15) is 0 Å². The van der Waals surface area contributed by atoms with Crippen molar-refractivity contribution in [2.45, 2.75) is 6.92 Å². The van der Waals surface area contributed by atoms with E-state index in [4.69, 9.17) is 16.5 Å². The molecule has 0 aliphatic carbocycles. The van der Waals surface area contributed by atoms with E-state index >= 15 is 0 Å². The van der Waals surface area contributed by atoms with Gasteiger partial charge in [0, 0.05) is 6.16 Å². The van der Waals surface area contributed by atoms with Crippen molar-refractivity contribution in [2.24, 2.45) is 0 Å². The Morgan fingerprint density at radius 1 is 2.00 bits per heavy atom. The molecule has 4 heteroatoms. The number of halogens is 1. The van der Waals surface area contributed by atoms with Gasteiger partial charge < -0.3 is 4.89 Å². The first-order valence-electron chi connectivity index (χ1n) is 2.17.